The van der Waals surface area contributed by atoms with Gasteiger partial charge in [0, 0.05) is 11.8 Å². The van der Waals surface area contributed by atoms with Gasteiger partial charge in [-0.15, -0.1) is 0 Å². The van der Waals surface area contributed by atoms with Gasteiger partial charge in [0.2, 0.25) is 6.79 Å². The molecule has 1 aliphatic rings. The number of ether oxygens (including phenoxy) is 2. The summed E-state index contributed by atoms with van der Waals surface area (Å²) >= 11 is 5.51. The maximum Gasteiger partial charge on any atom is 0.231 e. The summed E-state index contributed by atoms with van der Waals surface area (Å²) in [5.41, 5.74) is 3.40. The van der Waals surface area contributed by atoms with Crippen molar-refractivity contribution in [3.63, 3.8) is 0 Å². The first-order valence-electron chi connectivity index (χ1n) is 8.07. The van der Waals surface area contributed by atoms with Crippen molar-refractivity contribution < 1.29 is 9.47 Å². The Hall–Kier alpha value is -2.27. The first-order chi connectivity index (χ1) is 11.5. The van der Waals surface area contributed by atoms with Crippen LogP contribution in [0.25, 0.3) is 0 Å². The number of rotatable bonds is 4. The Balaban J connectivity index is 1.71. The van der Waals surface area contributed by atoms with Crippen LogP contribution < -0.4 is 20.1 Å². The van der Waals surface area contributed by atoms with Crippen molar-refractivity contribution >= 4 is 23.0 Å². The number of hydrogen-bond donors (Lipinski definition) is 2. The largest absolute Gasteiger partial charge is 0.454 e. The van der Waals surface area contributed by atoms with Crippen LogP contribution in [0.5, 0.6) is 11.5 Å². The fourth-order valence-electron chi connectivity index (χ4n) is 2.82. The van der Waals surface area contributed by atoms with E-state index in [9.17, 15) is 0 Å². The molecule has 2 N–H and O–H groups in total. The molecule has 0 radical (unpaired) electrons. The molecule has 1 atom stereocenters. The van der Waals surface area contributed by atoms with Crippen LogP contribution in [0, 0.1) is 12.8 Å². The molecule has 0 aliphatic carbocycles. The lowest BCUT2D eigenvalue weighted by Gasteiger charge is -2.26. The number of aryl methyl sites for hydroxylation is 1. The average molecular weight is 342 g/mol. The van der Waals surface area contributed by atoms with Gasteiger partial charge in [0.1, 0.15) is 0 Å². The van der Waals surface area contributed by atoms with Crippen LogP contribution >= 0.6 is 12.2 Å². The van der Waals surface area contributed by atoms with Crippen LogP contribution in [0.15, 0.2) is 42.5 Å². The zero-order chi connectivity index (χ0) is 17.1. The molecule has 2 aromatic carbocycles. The molecular formula is C19H22N2O2S. The lowest BCUT2D eigenvalue weighted by Crippen LogP contribution is -2.35. The fourth-order valence-corrected chi connectivity index (χ4v) is 3.07. The molecule has 0 saturated carbocycles. The van der Waals surface area contributed by atoms with Gasteiger partial charge >= 0.3 is 0 Å². The molecule has 0 bridgehead atoms. The second kappa shape index (κ2) is 7.09. The number of benzene rings is 2. The van der Waals surface area contributed by atoms with E-state index >= 15 is 0 Å². The highest BCUT2D eigenvalue weighted by Gasteiger charge is 2.19. The van der Waals surface area contributed by atoms with Gasteiger partial charge < -0.3 is 20.1 Å². The van der Waals surface area contributed by atoms with E-state index < -0.39 is 0 Å². The summed E-state index contributed by atoms with van der Waals surface area (Å²) in [6.45, 7) is 6.77. The van der Waals surface area contributed by atoms with E-state index in [1.807, 2.05) is 18.2 Å². The van der Waals surface area contributed by atoms with Gasteiger partial charge in [-0.1, -0.05) is 38.1 Å². The summed E-state index contributed by atoms with van der Waals surface area (Å²) in [6.07, 6.45) is 0. The highest BCUT2D eigenvalue weighted by molar-refractivity contribution is 7.80. The summed E-state index contributed by atoms with van der Waals surface area (Å²) in [6, 6.07) is 14.3. The standard InChI is InChI=1S/C19H22N2O2S/c1-12(2)18(15-7-5-4-6-13(15)3)21-19(24)20-14-8-9-16-17(10-14)23-11-22-16/h4-10,12,18H,11H2,1-3H3,(H2,20,21,24). The van der Waals surface area contributed by atoms with Crippen LogP contribution in [-0.2, 0) is 0 Å². The van der Waals surface area contributed by atoms with Gasteiger partial charge in [-0.2, -0.15) is 0 Å². The van der Waals surface area contributed by atoms with Gasteiger partial charge in [0.15, 0.2) is 16.6 Å². The van der Waals surface area contributed by atoms with E-state index in [1.54, 1.807) is 0 Å². The van der Waals surface area contributed by atoms with Gasteiger partial charge in [0.05, 0.1) is 6.04 Å². The zero-order valence-corrected chi connectivity index (χ0v) is 14.9. The average Bonchev–Trinajstić information content (AvgIpc) is 3.01. The van der Waals surface area contributed by atoms with Crippen molar-refractivity contribution in [2.75, 3.05) is 12.1 Å². The SMILES string of the molecule is Cc1ccccc1C(NC(=S)Nc1ccc2c(c1)OCO2)C(C)C. The lowest BCUT2D eigenvalue weighted by molar-refractivity contribution is 0.174. The van der Waals surface area contributed by atoms with Crippen molar-refractivity contribution in [3.05, 3.63) is 53.6 Å². The second-order valence-corrected chi connectivity index (χ2v) is 6.65. The monoisotopic (exact) mass is 342 g/mol. The molecular weight excluding hydrogens is 320 g/mol. The predicted octanol–water partition coefficient (Wildman–Crippen LogP) is 4.41. The Bertz CT molecular complexity index is 746. The maximum atomic E-state index is 5.51. The molecule has 5 heteroatoms. The van der Waals surface area contributed by atoms with Crippen molar-refractivity contribution in [1.29, 1.82) is 0 Å². The molecule has 1 unspecified atom stereocenters. The van der Waals surface area contributed by atoms with E-state index in [4.69, 9.17) is 21.7 Å². The summed E-state index contributed by atoms with van der Waals surface area (Å²) in [5.74, 6) is 1.91. The number of anilines is 1. The lowest BCUT2D eigenvalue weighted by atomic mass is 9.93. The Morgan fingerprint density at radius 1 is 1.08 bits per heavy atom. The number of fused-ring (bicyclic) bond motifs is 1. The van der Waals surface area contributed by atoms with Crippen molar-refractivity contribution in [1.82, 2.24) is 5.32 Å². The highest BCUT2D eigenvalue weighted by Crippen LogP contribution is 2.34. The van der Waals surface area contributed by atoms with E-state index in [1.165, 1.54) is 11.1 Å². The molecule has 0 spiro atoms. The first-order valence-corrected chi connectivity index (χ1v) is 8.48. The summed E-state index contributed by atoms with van der Waals surface area (Å²) in [7, 11) is 0. The normalized spacial score (nSPS) is 13.7. The van der Waals surface area contributed by atoms with Gasteiger partial charge in [0.25, 0.3) is 0 Å². The maximum absolute atomic E-state index is 5.51. The number of nitrogens with one attached hydrogen (secondary N) is 2. The molecule has 126 valence electrons. The molecule has 2 aromatic rings. The van der Waals surface area contributed by atoms with Gasteiger partial charge in [-0.05, 0) is 48.3 Å². The molecule has 1 aliphatic heterocycles. The Labute approximate surface area is 148 Å². The van der Waals surface area contributed by atoms with Crippen LogP contribution in [-0.4, -0.2) is 11.9 Å². The fraction of sp³-hybridized carbons (Fsp3) is 0.316. The van der Waals surface area contributed by atoms with Crippen LogP contribution in [0.3, 0.4) is 0 Å². The topological polar surface area (TPSA) is 42.5 Å². The predicted molar refractivity (Wildman–Crippen MR) is 101 cm³/mol. The minimum absolute atomic E-state index is 0.153. The Morgan fingerprint density at radius 2 is 1.83 bits per heavy atom. The van der Waals surface area contributed by atoms with E-state index in [-0.39, 0.29) is 12.8 Å². The molecule has 1 heterocycles. The molecule has 4 nitrogen and oxygen atoms in total. The summed E-state index contributed by atoms with van der Waals surface area (Å²) in [5, 5.41) is 7.26. The third kappa shape index (κ3) is 3.62. The molecule has 0 aromatic heterocycles. The summed E-state index contributed by atoms with van der Waals surface area (Å²) in [4.78, 5) is 0. The van der Waals surface area contributed by atoms with Crippen molar-refractivity contribution in [2.45, 2.75) is 26.8 Å². The van der Waals surface area contributed by atoms with Crippen LogP contribution in [0.4, 0.5) is 5.69 Å². The number of thiocarbonyl (C=S) groups is 1. The van der Waals surface area contributed by atoms with Crippen LogP contribution in [0.1, 0.15) is 31.0 Å². The highest BCUT2D eigenvalue weighted by atomic mass is 32.1. The third-order valence-corrected chi connectivity index (χ3v) is 4.33. The smallest absolute Gasteiger partial charge is 0.231 e. The van der Waals surface area contributed by atoms with E-state index in [0.29, 0.717) is 11.0 Å². The van der Waals surface area contributed by atoms with E-state index in [0.717, 1.165) is 17.2 Å². The van der Waals surface area contributed by atoms with E-state index in [2.05, 4.69) is 55.7 Å². The summed E-state index contributed by atoms with van der Waals surface area (Å²) < 4.78 is 10.7. The Morgan fingerprint density at radius 3 is 2.58 bits per heavy atom. The Kier molecular flexibility index (Phi) is 4.90. The number of hydrogen-bond acceptors (Lipinski definition) is 3. The molecule has 0 saturated heterocycles. The van der Waals surface area contributed by atoms with Crippen LogP contribution in [0.2, 0.25) is 0 Å². The van der Waals surface area contributed by atoms with Gasteiger partial charge in [-0.25, -0.2) is 0 Å². The quantitative estimate of drug-likeness (QED) is 0.806. The molecule has 0 fully saturated rings. The first kappa shape index (κ1) is 16.6. The minimum atomic E-state index is 0.153. The third-order valence-electron chi connectivity index (χ3n) is 4.11. The zero-order valence-electron chi connectivity index (χ0n) is 14.1. The molecule has 3 rings (SSSR count). The molecule has 0 amide bonds. The van der Waals surface area contributed by atoms with Crippen molar-refractivity contribution in [3.8, 4) is 11.5 Å². The van der Waals surface area contributed by atoms with Crippen molar-refractivity contribution in [2.24, 2.45) is 5.92 Å². The molecule has 24 heavy (non-hydrogen) atoms. The minimum Gasteiger partial charge on any atom is -0.454 e. The second-order valence-electron chi connectivity index (χ2n) is 6.24. The van der Waals surface area contributed by atoms with Gasteiger partial charge in [-0.3, -0.25) is 0 Å².